The van der Waals surface area contributed by atoms with Crippen molar-refractivity contribution < 1.29 is 38.4 Å². The average Bonchev–Trinajstić information content (AvgIpc) is 3.09. The van der Waals surface area contributed by atoms with E-state index in [1.54, 1.807) is 50.6 Å². The maximum Gasteiger partial charge on any atom is 0.337 e. The van der Waals surface area contributed by atoms with Crippen LogP contribution in [-0.2, 0) is 16.1 Å². The smallest absolute Gasteiger partial charge is 0.337 e. The fourth-order valence-electron chi connectivity index (χ4n) is 5.19. The fourth-order valence-corrected chi connectivity index (χ4v) is 5.19. The van der Waals surface area contributed by atoms with Gasteiger partial charge in [0.1, 0.15) is 13.2 Å². The largest absolute Gasteiger partial charge is 0.493 e. The summed E-state index contributed by atoms with van der Waals surface area (Å²) >= 11 is 0. The van der Waals surface area contributed by atoms with Crippen molar-refractivity contribution in [3.05, 3.63) is 107 Å². The normalized spacial score (nSPS) is 15.0. The number of nitrogens with zero attached hydrogens (tertiary/aromatic N) is 1. The third-order valence-corrected chi connectivity index (χ3v) is 7.51. The molecule has 5 rings (SSSR count). The number of aliphatic hydroxyl groups excluding tert-OH is 1. The van der Waals surface area contributed by atoms with Gasteiger partial charge in [-0.25, -0.2) is 9.59 Å². The highest BCUT2D eigenvalue weighted by Crippen LogP contribution is 2.35. The van der Waals surface area contributed by atoms with Crippen LogP contribution in [0.15, 0.2) is 95.2 Å². The van der Waals surface area contributed by atoms with Gasteiger partial charge in [-0.1, -0.05) is 42.5 Å². The first-order chi connectivity index (χ1) is 23.3. The van der Waals surface area contributed by atoms with Gasteiger partial charge in [0.05, 0.1) is 38.7 Å². The summed E-state index contributed by atoms with van der Waals surface area (Å²) in [5, 5.41) is 22.3. The maximum absolute atomic E-state index is 12.5. The molecule has 4 aromatic carbocycles. The van der Waals surface area contributed by atoms with Crippen molar-refractivity contribution in [2.45, 2.75) is 32.7 Å². The highest BCUT2D eigenvalue weighted by molar-refractivity contribution is 5.95. The first-order valence-electron chi connectivity index (χ1n) is 15.3. The first-order valence-corrected chi connectivity index (χ1v) is 15.3. The molecular formula is C36H38N4O8. The first kappa shape index (κ1) is 33.6. The van der Waals surface area contributed by atoms with Gasteiger partial charge in [-0.2, -0.15) is 5.10 Å². The van der Waals surface area contributed by atoms with Gasteiger partial charge >= 0.3 is 12.0 Å². The lowest BCUT2D eigenvalue weighted by Gasteiger charge is -2.28. The molecule has 0 saturated heterocycles. The highest BCUT2D eigenvalue weighted by atomic mass is 16.5. The summed E-state index contributed by atoms with van der Waals surface area (Å²) in [6, 6.07) is 23.6. The molecule has 12 nitrogen and oxygen atoms in total. The lowest BCUT2D eigenvalue weighted by atomic mass is 9.95. The second kappa shape index (κ2) is 15.7. The number of carbonyl (C=O) groups excluding carboxylic acids is 2. The molecule has 0 fully saturated rings. The quantitative estimate of drug-likeness (QED) is 0.0642. The van der Waals surface area contributed by atoms with Gasteiger partial charge in [-0.15, -0.1) is 0 Å². The van der Waals surface area contributed by atoms with E-state index in [4.69, 9.17) is 23.7 Å². The second-order valence-electron chi connectivity index (χ2n) is 10.8. The van der Waals surface area contributed by atoms with Crippen LogP contribution in [0.1, 0.15) is 36.6 Å². The summed E-state index contributed by atoms with van der Waals surface area (Å²) in [4.78, 5) is 24.6. The minimum atomic E-state index is -1.15. The zero-order valence-corrected chi connectivity index (χ0v) is 27.1. The molecule has 0 unspecified atom stereocenters. The number of amides is 2. The van der Waals surface area contributed by atoms with Crippen LogP contribution in [-0.4, -0.2) is 57.0 Å². The number of urea groups is 1. The number of allylic oxidation sites excluding steroid dienone is 1. The topological polar surface area (TPSA) is 149 Å². The molecule has 1 aliphatic heterocycles. The molecule has 12 heteroatoms. The molecule has 1 heterocycles. The van der Waals surface area contributed by atoms with E-state index in [2.05, 4.69) is 45.4 Å². The number of fused-ring (bicyclic) bond motifs is 1. The van der Waals surface area contributed by atoms with Gasteiger partial charge in [-0.05, 0) is 77.7 Å². The molecular weight excluding hydrogens is 616 g/mol. The molecule has 250 valence electrons. The van der Waals surface area contributed by atoms with Crippen molar-refractivity contribution in [3.8, 4) is 23.0 Å². The fraction of sp³-hybridized carbons (Fsp3) is 0.250. The average molecular weight is 655 g/mol. The number of esters is 1. The van der Waals surface area contributed by atoms with Crippen molar-refractivity contribution >= 4 is 29.0 Å². The van der Waals surface area contributed by atoms with E-state index in [1.807, 2.05) is 31.2 Å². The lowest BCUT2D eigenvalue weighted by molar-refractivity contribution is -0.136. The molecule has 1 aliphatic rings. The number of hydrogen-bond donors (Lipinski definition) is 4. The summed E-state index contributed by atoms with van der Waals surface area (Å²) in [7, 11) is 2.85. The Balaban J connectivity index is 1.18. The molecule has 0 bridgehead atoms. The minimum absolute atomic E-state index is 0.155. The van der Waals surface area contributed by atoms with Crippen LogP contribution < -0.4 is 35.0 Å². The molecule has 0 radical (unpaired) electrons. The Morgan fingerprint density at radius 2 is 1.71 bits per heavy atom. The number of methoxy groups -OCH3 is 2. The van der Waals surface area contributed by atoms with E-state index in [-0.39, 0.29) is 12.2 Å². The summed E-state index contributed by atoms with van der Waals surface area (Å²) in [5.74, 6) is 1.29. The maximum atomic E-state index is 12.5. The second-order valence-corrected chi connectivity index (χ2v) is 10.8. The third kappa shape index (κ3) is 8.15. The van der Waals surface area contributed by atoms with Crippen LogP contribution in [0.4, 0.5) is 4.79 Å². The molecule has 4 aromatic rings. The molecule has 0 saturated carbocycles. The molecule has 0 aromatic heterocycles. The van der Waals surface area contributed by atoms with Crippen molar-refractivity contribution in [1.82, 2.24) is 16.1 Å². The number of hydrogen-bond acceptors (Lipinski definition) is 10. The molecule has 0 spiro atoms. The van der Waals surface area contributed by atoms with Crippen LogP contribution in [0.3, 0.4) is 0 Å². The summed E-state index contributed by atoms with van der Waals surface area (Å²) in [6.45, 7) is 4.01. The van der Waals surface area contributed by atoms with E-state index in [0.29, 0.717) is 47.5 Å². The Morgan fingerprint density at radius 1 is 0.938 bits per heavy atom. The van der Waals surface area contributed by atoms with Crippen molar-refractivity contribution in [3.63, 3.8) is 0 Å². The molecule has 0 aliphatic carbocycles. The molecule has 2 amide bonds. The molecule has 4 N–H and O–H groups in total. The Labute approximate surface area is 278 Å². The van der Waals surface area contributed by atoms with E-state index in [1.165, 1.54) is 12.5 Å². The van der Waals surface area contributed by atoms with E-state index in [0.717, 1.165) is 16.5 Å². The number of benzene rings is 4. The third-order valence-electron chi connectivity index (χ3n) is 7.51. The number of rotatable bonds is 14. The lowest BCUT2D eigenvalue weighted by Crippen LogP contribution is -2.45. The summed E-state index contributed by atoms with van der Waals surface area (Å²) in [6.07, 6.45) is 0.392. The standard InChI is InChI=1S/C36H38N4O8/c1-5-46-31-18-27(34-33(35(42)45-4)22(2)38-36(43)39-34)13-15-29(31)48-21-32(41)40-37-19-23-11-14-28(30(17-23)44-3)47-20-24-10-12-25-8-6-7-9-26(25)16-24/h6-19,32,34,40-41H,5,20-21H2,1-4H3,(H2,38,39,43)/b37-19-/t32-,34-/m0/s1. The van der Waals surface area contributed by atoms with Crippen LogP contribution in [0.25, 0.3) is 10.8 Å². The number of aliphatic hydroxyl groups is 1. The number of hydrazone groups is 1. The zero-order valence-electron chi connectivity index (χ0n) is 27.1. The Bertz CT molecular complexity index is 1840. The Hall–Kier alpha value is -5.75. The van der Waals surface area contributed by atoms with Crippen molar-refractivity contribution in [1.29, 1.82) is 0 Å². The highest BCUT2D eigenvalue weighted by Gasteiger charge is 2.32. The van der Waals surface area contributed by atoms with Crippen molar-refractivity contribution in [2.24, 2.45) is 5.10 Å². The number of carbonyl (C=O) groups is 2. The van der Waals surface area contributed by atoms with Gasteiger partial charge in [0.15, 0.2) is 29.2 Å². The summed E-state index contributed by atoms with van der Waals surface area (Å²) in [5.41, 5.74) is 5.65. The minimum Gasteiger partial charge on any atom is -0.493 e. The van der Waals surface area contributed by atoms with E-state index < -0.39 is 24.3 Å². The number of nitrogens with one attached hydrogen (secondary N) is 3. The van der Waals surface area contributed by atoms with Crippen LogP contribution >= 0.6 is 0 Å². The monoisotopic (exact) mass is 654 g/mol. The molecule has 48 heavy (non-hydrogen) atoms. The van der Waals surface area contributed by atoms with E-state index in [9.17, 15) is 14.7 Å². The van der Waals surface area contributed by atoms with Crippen LogP contribution in [0.2, 0.25) is 0 Å². The Morgan fingerprint density at radius 3 is 2.48 bits per heavy atom. The zero-order chi connectivity index (χ0) is 34.0. The molecule has 2 atom stereocenters. The van der Waals surface area contributed by atoms with Crippen LogP contribution in [0.5, 0.6) is 23.0 Å². The van der Waals surface area contributed by atoms with E-state index >= 15 is 0 Å². The van der Waals surface area contributed by atoms with Gasteiger partial charge < -0.3 is 39.4 Å². The number of ether oxygens (including phenoxy) is 5. The van der Waals surface area contributed by atoms with Gasteiger partial charge in [-0.3, -0.25) is 5.43 Å². The Kier molecular flexibility index (Phi) is 11.0. The van der Waals surface area contributed by atoms with Gasteiger partial charge in [0.25, 0.3) is 0 Å². The SMILES string of the molecule is CCOc1cc([C@@H]2NC(=O)NC(C)=C2C(=O)OC)ccc1OC[C@H](O)N/N=C\c1ccc(OCc2ccc3ccccc3c2)c(OC)c1. The van der Waals surface area contributed by atoms with Gasteiger partial charge in [0.2, 0.25) is 0 Å². The predicted molar refractivity (Wildman–Crippen MR) is 180 cm³/mol. The summed E-state index contributed by atoms with van der Waals surface area (Å²) < 4.78 is 28.1. The van der Waals surface area contributed by atoms with Crippen molar-refractivity contribution in [2.75, 3.05) is 27.4 Å². The van der Waals surface area contributed by atoms with Crippen LogP contribution in [0, 0.1) is 0 Å². The predicted octanol–water partition coefficient (Wildman–Crippen LogP) is 4.95. The van der Waals surface area contributed by atoms with Gasteiger partial charge in [0, 0.05) is 5.70 Å².